The number of aliphatic hydroxyl groups excluding tert-OH is 1. The number of methoxy groups -OCH3 is 1. The molecule has 4 heteroatoms. The zero-order valence-corrected chi connectivity index (χ0v) is 15.5. The fourth-order valence-corrected chi connectivity index (χ4v) is 3.82. The highest BCUT2D eigenvalue weighted by Gasteiger charge is 2.34. The molecule has 134 valence electrons. The zero-order valence-electron chi connectivity index (χ0n) is 14.7. The Balaban J connectivity index is 1.60. The average Bonchev–Trinajstić information content (AvgIpc) is 2.66. The van der Waals surface area contributed by atoms with Crippen LogP contribution < -0.4 is 4.74 Å². The minimum absolute atomic E-state index is 0.0223. The van der Waals surface area contributed by atoms with Crippen LogP contribution in [0.5, 0.6) is 5.75 Å². The van der Waals surface area contributed by atoms with Crippen LogP contribution in [0, 0.1) is 5.41 Å². The molecule has 0 unspecified atom stereocenters. The van der Waals surface area contributed by atoms with E-state index >= 15 is 0 Å². The van der Waals surface area contributed by atoms with Crippen LogP contribution in [0.3, 0.4) is 0 Å². The highest BCUT2D eigenvalue weighted by atomic mass is 35.5. The van der Waals surface area contributed by atoms with Crippen LogP contribution >= 0.6 is 11.6 Å². The number of hydrogen-bond acceptors (Lipinski definition) is 3. The molecule has 0 aliphatic carbocycles. The van der Waals surface area contributed by atoms with Gasteiger partial charge < -0.3 is 9.84 Å². The molecule has 0 spiro atoms. The van der Waals surface area contributed by atoms with Crippen LogP contribution in [-0.2, 0) is 13.0 Å². The lowest BCUT2D eigenvalue weighted by atomic mass is 9.74. The van der Waals surface area contributed by atoms with Gasteiger partial charge in [-0.25, -0.2) is 0 Å². The number of rotatable bonds is 6. The van der Waals surface area contributed by atoms with Gasteiger partial charge in [0.1, 0.15) is 5.75 Å². The molecule has 0 radical (unpaired) electrons. The molecule has 0 atom stereocenters. The van der Waals surface area contributed by atoms with Gasteiger partial charge in [-0.3, -0.25) is 4.90 Å². The normalized spacial score (nSPS) is 17.4. The smallest absolute Gasteiger partial charge is 0.118 e. The van der Waals surface area contributed by atoms with Gasteiger partial charge in [0.25, 0.3) is 0 Å². The molecule has 3 nitrogen and oxygen atoms in total. The number of ether oxygens (including phenoxy) is 1. The van der Waals surface area contributed by atoms with Gasteiger partial charge in [0.15, 0.2) is 0 Å². The molecular weight excluding hydrogens is 334 g/mol. The van der Waals surface area contributed by atoms with Crippen molar-refractivity contribution in [2.24, 2.45) is 5.41 Å². The monoisotopic (exact) mass is 359 g/mol. The second-order valence-corrected chi connectivity index (χ2v) is 7.46. The molecule has 1 aliphatic heterocycles. The SMILES string of the molecule is COc1ccc(CC2(CO)CCN(Cc3ccccc3Cl)CC2)cc1. The third-order valence-electron chi connectivity index (χ3n) is 5.34. The first-order valence-electron chi connectivity index (χ1n) is 8.84. The van der Waals surface area contributed by atoms with E-state index in [1.54, 1.807) is 7.11 Å². The number of likely N-dealkylation sites (tertiary alicyclic amines) is 1. The predicted octanol–water partition coefficient (Wildman–Crippen LogP) is 4.17. The number of nitrogens with zero attached hydrogens (tertiary/aromatic N) is 1. The Kier molecular flexibility index (Phi) is 6.00. The average molecular weight is 360 g/mol. The van der Waals surface area contributed by atoms with Gasteiger partial charge in [-0.15, -0.1) is 0 Å². The Morgan fingerprint density at radius 2 is 1.76 bits per heavy atom. The van der Waals surface area contributed by atoms with Crippen molar-refractivity contribution in [1.82, 2.24) is 4.90 Å². The van der Waals surface area contributed by atoms with E-state index in [1.165, 1.54) is 11.1 Å². The second-order valence-electron chi connectivity index (χ2n) is 7.05. The van der Waals surface area contributed by atoms with E-state index in [0.29, 0.717) is 0 Å². The number of aliphatic hydroxyl groups is 1. The molecule has 2 aromatic carbocycles. The number of hydrogen-bond donors (Lipinski definition) is 1. The topological polar surface area (TPSA) is 32.7 Å². The van der Waals surface area contributed by atoms with E-state index in [9.17, 15) is 5.11 Å². The van der Waals surface area contributed by atoms with Crippen LogP contribution in [0.1, 0.15) is 24.0 Å². The number of halogens is 1. The van der Waals surface area contributed by atoms with Gasteiger partial charge in [-0.05, 0) is 67.1 Å². The Morgan fingerprint density at radius 1 is 1.08 bits per heavy atom. The fourth-order valence-electron chi connectivity index (χ4n) is 3.62. The minimum atomic E-state index is -0.0223. The van der Waals surface area contributed by atoms with Gasteiger partial charge in [-0.2, -0.15) is 0 Å². The molecule has 1 saturated heterocycles. The van der Waals surface area contributed by atoms with E-state index in [1.807, 2.05) is 30.3 Å². The van der Waals surface area contributed by atoms with Crippen molar-refractivity contribution in [3.63, 3.8) is 0 Å². The summed E-state index contributed by atoms with van der Waals surface area (Å²) in [6, 6.07) is 16.2. The van der Waals surface area contributed by atoms with Crippen molar-refractivity contribution in [1.29, 1.82) is 0 Å². The second kappa shape index (κ2) is 8.22. The van der Waals surface area contributed by atoms with Gasteiger partial charge in [-0.1, -0.05) is 41.9 Å². The largest absolute Gasteiger partial charge is 0.497 e. The maximum absolute atomic E-state index is 10.1. The maximum atomic E-state index is 10.1. The van der Waals surface area contributed by atoms with Crippen molar-refractivity contribution < 1.29 is 9.84 Å². The Bertz CT molecular complexity index is 679. The molecule has 1 fully saturated rings. The maximum Gasteiger partial charge on any atom is 0.118 e. The molecule has 0 bridgehead atoms. The Labute approximate surface area is 155 Å². The molecule has 25 heavy (non-hydrogen) atoms. The molecule has 1 aliphatic rings. The van der Waals surface area contributed by atoms with Crippen molar-refractivity contribution in [3.8, 4) is 5.75 Å². The van der Waals surface area contributed by atoms with E-state index in [4.69, 9.17) is 16.3 Å². The van der Waals surface area contributed by atoms with Crippen LogP contribution in [0.25, 0.3) is 0 Å². The third kappa shape index (κ3) is 4.55. The summed E-state index contributed by atoms with van der Waals surface area (Å²) in [4.78, 5) is 2.43. The van der Waals surface area contributed by atoms with Crippen LogP contribution in [0.4, 0.5) is 0 Å². The summed E-state index contributed by atoms with van der Waals surface area (Å²) in [7, 11) is 1.68. The summed E-state index contributed by atoms with van der Waals surface area (Å²) in [6.07, 6.45) is 2.91. The van der Waals surface area contributed by atoms with E-state index in [-0.39, 0.29) is 12.0 Å². The summed E-state index contributed by atoms with van der Waals surface area (Å²) in [5.74, 6) is 0.872. The zero-order chi connectivity index (χ0) is 17.7. The van der Waals surface area contributed by atoms with Crippen LogP contribution in [0.2, 0.25) is 5.02 Å². The highest BCUT2D eigenvalue weighted by Crippen LogP contribution is 2.35. The summed E-state index contributed by atoms with van der Waals surface area (Å²) in [6.45, 7) is 3.09. The van der Waals surface area contributed by atoms with E-state index < -0.39 is 0 Å². The molecule has 0 aromatic heterocycles. The first-order valence-corrected chi connectivity index (χ1v) is 9.21. The minimum Gasteiger partial charge on any atom is -0.497 e. The van der Waals surface area contributed by atoms with Gasteiger partial charge >= 0.3 is 0 Å². The molecular formula is C21H26ClNO2. The Hall–Kier alpha value is -1.55. The molecule has 1 heterocycles. The molecule has 0 amide bonds. The van der Waals surface area contributed by atoms with Gasteiger partial charge in [0.05, 0.1) is 7.11 Å². The van der Waals surface area contributed by atoms with Gasteiger partial charge in [0.2, 0.25) is 0 Å². The van der Waals surface area contributed by atoms with Crippen LogP contribution in [-0.4, -0.2) is 36.8 Å². The lowest BCUT2D eigenvalue weighted by Crippen LogP contribution is -2.42. The first kappa shape index (κ1) is 18.2. The molecule has 2 aromatic rings. The van der Waals surface area contributed by atoms with Crippen molar-refractivity contribution >= 4 is 11.6 Å². The predicted molar refractivity (Wildman–Crippen MR) is 102 cm³/mol. The third-order valence-corrected chi connectivity index (χ3v) is 5.71. The summed E-state index contributed by atoms with van der Waals surface area (Å²) in [5, 5.41) is 10.9. The standard InChI is InChI=1S/C21H26ClNO2/c1-25-19-8-6-17(7-9-19)14-21(16-24)10-12-23(13-11-21)15-18-4-2-3-5-20(18)22/h2-9,24H,10-16H2,1H3. The molecule has 3 rings (SSSR count). The molecule has 0 saturated carbocycles. The van der Waals surface area contributed by atoms with Crippen molar-refractivity contribution in [2.75, 3.05) is 26.8 Å². The van der Waals surface area contributed by atoms with Crippen molar-refractivity contribution in [3.05, 3.63) is 64.7 Å². The summed E-state index contributed by atoms with van der Waals surface area (Å²) in [5.41, 5.74) is 2.41. The van der Waals surface area contributed by atoms with Gasteiger partial charge in [0, 0.05) is 18.2 Å². The quantitative estimate of drug-likeness (QED) is 0.840. The van der Waals surface area contributed by atoms with Crippen LogP contribution in [0.15, 0.2) is 48.5 Å². The lowest BCUT2D eigenvalue weighted by molar-refractivity contribution is 0.0414. The van der Waals surface area contributed by atoms with E-state index in [2.05, 4.69) is 23.1 Å². The highest BCUT2D eigenvalue weighted by molar-refractivity contribution is 6.31. The lowest BCUT2D eigenvalue weighted by Gasteiger charge is -2.41. The molecule has 1 N–H and O–H groups in total. The Morgan fingerprint density at radius 3 is 2.36 bits per heavy atom. The number of benzene rings is 2. The van der Waals surface area contributed by atoms with Crippen molar-refractivity contribution in [2.45, 2.75) is 25.8 Å². The van der Waals surface area contributed by atoms with E-state index in [0.717, 1.165) is 49.7 Å². The summed E-state index contributed by atoms with van der Waals surface area (Å²) < 4.78 is 5.22. The number of piperidine rings is 1. The first-order chi connectivity index (χ1) is 12.1. The fraction of sp³-hybridized carbons (Fsp3) is 0.429. The summed E-state index contributed by atoms with van der Waals surface area (Å²) >= 11 is 6.28.